The summed E-state index contributed by atoms with van der Waals surface area (Å²) in [4.78, 5) is 10.9. The largest absolute Gasteiger partial charge is 0.490 e. The van der Waals surface area contributed by atoms with E-state index in [9.17, 15) is 22.4 Å². The molecule has 1 unspecified atom stereocenters. The highest BCUT2D eigenvalue weighted by Gasteiger charge is 2.52. The van der Waals surface area contributed by atoms with Gasteiger partial charge in [0.05, 0.1) is 6.61 Å². The van der Waals surface area contributed by atoms with Crippen LogP contribution in [0.2, 0.25) is 0 Å². The number of benzene rings is 2. The molecule has 2 heterocycles. The van der Waals surface area contributed by atoms with Crippen molar-refractivity contribution >= 4 is 22.7 Å². The summed E-state index contributed by atoms with van der Waals surface area (Å²) in [6, 6.07) is 4.63. The fraction of sp³-hybridized carbons (Fsp3) is 0.300. The first-order valence-electron chi connectivity index (χ1n) is 9.09. The zero-order chi connectivity index (χ0) is 22.1. The Morgan fingerprint density at radius 2 is 1.90 bits per heavy atom. The van der Waals surface area contributed by atoms with E-state index in [2.05, 4.69) is 5.10 Å². The smallest absolute Gasteiger partial charge is 0.241 e. The zero-order valence-corrected chi connectivity index (χ0v) is 17.0. The standard InChI is InChI=1S/C18H12F4N2O2S.C2H7N/c1-9(25)24-18(4-5-26-16-13(18)7-11(20)8-15(16)22)27-17(23-24)12-6-10(19)2-3-14(12)21;1-2-3/h2-3,6-8H,4-5H2,1H3;2-3H2,1H3. The van der Waals surface area contributed by atoms with E-state index >= 15 is 0 Å². The van der Waals surface area contributed by atoms with Crippen LogP contribution in [0.3, 0.4) is 0 Å². The molecule has 1 atom stereocenters. The van der Waals surface area contributed by atoms with E-state index in [1.54, 1.807) is 0 Å². The predicted molar refractivity (Wildman–Crippen MR) is 106 cm³/mol. The van der Waals surface area contributed by atoms with Gasteiger partial charge in [-0.3, -0.25) is 4.79 Å². The highest BCUT2D eigenvalue weighted by Crippen LogP contribution is 2.54. The maximum absolute atomic E-state index is 14.2. The molecule has 0 radical (unpaired) electrons. The molecule has 4 rings (SSSR count). The van der Waals surface area contributed by atoms with Crippen molar-refractivity contribution in [3.8, 4) is 5.75 Å². The van der Waals surface area contributed by atoms with E-state index in [0.29, 0.717) is 6.07 Å². The number of rotatable bonds is 1. The van der Waals surface area contributed by atoms with Crippen molar-refractivity contribution in [3.63, 3.8) is 0 Å². The molecule has 2 aromatic rings. The van der Waals surface area contributed by atoms with Gasteiger partial charge in [0.1, 0.15) is 27.4 Å². The molecule has 2 aromatic carbocycles. The average Bonchev–Trinajstić information content (AvgIpc) is 3.05. The molecular weight excluding hydrogens is 422 g/mol. The Morgan fingerprint density at radius 3 is 2.57 bits per heavy atom. The lowest BCUT2D eigenvalue weighted by molar-refractivity contribution is -0.132. The number of nitrogens with two attached hydrogens (primary N) is 1. The van der Waals surface area contributed by atoms with Crippen molar-refractivity contribution in [2.75, 3.05) is 13.2 Å². The van der Waals surface area contributed by atoms with Gasteiger partial charge in [0.25, 0.3) is 0 Å². The summed E-state index contributed by atoms with van der Waals surface area (Å²) in [6.45, 7) is 3.93. The van der Waals surface area contributed by atoms with Crippen LogP contribution in [-0.4, -0.2) is 29.1 Å². The highest BCUT2D eigenvalue weighted by atomic mass is 32.2. The Labute approximate surface area is 174 Å². The minimum atomic E-state index is -1.31. The Kier molecular flexibility index (Phi) is 6.37. The second kappa shape index (κ2) is 8.65. The van der Waals surface area contributed by atoms with E-state index in [1.165, 1.54) is 6.92 Å². The summed E-state index contributed by atoms with van der Waals surface area (Å²) in [7, 11) is 0. The SMILES string of the molecule is CC(=O)N1N=C(c2cc(F)ccc2F)SC12CCOc1c(F)cc(F)cc12.CCN. The topological polar surface area (TPSA) is 67.9 Å². The molecule has 10 heteroatoms. The Balaban J connectivity index is 0.000000806. The molecule has 0 fully saturated rings. The molecule has 0 aromatic heterocycles. The number of ether oxygens (including phenoxy) is 1. The van der Waals surface area contributed by atoms with Crippen LogP contribution < -0.4 is 10.5 Å². The van der Waals surface area contributed by atoms with Crippen LogP contribution in [0.4, 0.5) is 17.6 Å². The van der Waals surface area contributed by atoms with Crippen molar-refractivity contribution in [2.24, 2.45) is 10.8 Å². The summed E-state index contributed by atoms with van der Waals surface area (Å²) in [6.07, 6.45) is 0.164. The summed E-state index contributed by atoms with van der Waals surface area (Å²) in [5, 5.41) is 5.25. The number of carbonyl (C=O) groups excluding carboxylic acids is 1. The maximum atomic E-state index is 14.2. The third-order valence-electron chi connectivity index (χ3n) is 4.37. The van der Waals surface area contributed by atoms with E-state index in [-0.39, 0.29) is 34.9 Å². The Morgan fingerprint density at radius 1 is 1.20 bits per heavy atom. The van der Waals surface area contributed by atoms with Crippen molar-refractivity contribution in [2.45, 2.75) is 25.1 Å². The first-order valence-corrected chi connectivity index (χ1v) is 9.91. The van der Waals surface area contributed by atoms with Crippen LogP contribution in [0.15, 0.2) is 35.4 Å². The first kappa shape index (κ1) is 22.1. The van der Waals surface area contributed by atoms with Crippen LogP contribution >= 0.6 is 11.8 Å². The van der Waals surface area contributed by atoms with Gasteiger partial charge >= 0.3 is 0 Å². The van der Waals surface area contributed by atoms with Gasteiger partial charge in [-0.2, -0.15) is 5.10 Å². The third-order valence-corrected chi connectivity index (χ3v) is 5.80. The number of hydrogen-bond acceptors (Lipinski definition) is 5. The summed E-state index contributed by atoms with van der Waals surface area (Å²) in [5.41, 5.74) is 4.80. The zero-order valence-electron chi connectivity index (χ0n) is 16.2. The number of nitrogens with zero attached hydrogens (tertiary/aromatic N) is 2. The normalized spacial score (nSPS) is 19.6. The van der Waals surface area contributed by atoms with Crippen molar-refractivity contribution in [1.82, 2.24) is 5.01 Å². The van der Waals surface area contributed by atoms with Crippen LogP contribution in [0, 0.1) is 23.3 Å². The van der Waals surface area contributed by atoms with E-state index in [1.807, 2.05) is 6.92 Å². The molecule has 2 aliphatic heterocycles. The molecule has 1 spiro atoms. The van der Waals surface area contributed by atoms with Gasteiger partial charge in [0, 0.05) is 30.5 Å². The molecule has 1 amide bonds. The minimum absolute atomic E-state index is 0.0414. The molecule has 0 saturated heterocycles. The molecule has 2 aliphatic rings. The lowest BCUT2D eigenvalue weighted by Gasteiger charge is -2.39. The number of hydrogen-bond donors (Lipinski definition) is 1. The first-order chi connectivity index (χ1) is 14.2. The third kappa shape index (κ3) is 3.89. The number of thioether (sulfide) groups is 1. The number of carbonyl (C=O) groups is 1. The Hall–Kier alpha value is -2.59. The second-order valence-corrected chi connectivity index (χ2v) is 7.78. The van der Waals surface area contributed by atoms with E-state index in [0.717, 1.165) is 47.6 Å². The molecule has 2 N–H and O–H groups in total. The van der Waals surface area contributed by atoms with Gasteiger partial charge in [0.15, 0.2) is 11.6 Å². The second-order valence-electron chi connectivity index (χ2n) is 6.52. The van der Waals surface area contributed by atoms with Gasteiger partial charge in [-0.15, -0.1) is 0 Å². The molecule has 30 heavy (non-hydrogen) atoms. The lowest BCUT2D eigenvalue weighted by atomic mass is 9.98. The fourth-order valence-electron chi connectivity index (χ4n) is 3.24. The molecule has 0 saturated carbocycles. The quantitative estimate of drug-likeness (QED) is 0.677. The van der Waals surface area contributed by atoms with Gasteiger partial charge in [0.2, 0.25) is 5.91 Å². The molecular formula is C20H19F4N3O2S. The molecule has 0 bridgehead atoms. The predicted octanol–water partition coefficient (Wildman–Crippen LogP) is 4.10. The number of amides is 1. The number of fused-ring (bicyclic) bond motifs is 2. The highest BCUT2D eigenvalue weighted by molar-refractivity contribution is 8.15. The summed E-state index contributed by atoms with van der Waals surface area (Å²) in [5.74, 6) is -3.83. The number of hydrazone groups is 1. The monoisotopic (exact) mass is 441 g/mol. The van der Waals surface area contributed by atoms with E-state index < -0.39 is 34.0 Å². The van der Waals surface area contributed by atoms with E-state index in [4.69, 9.17) is 10.5 Å². The van der Waals surface area contributed by atoms with Crippen LogP contribution in [0.1, 0.15) is 31.4 Å². The van der Waals surface area contributed by atoms with Crippen molar-refractivity contribution in [3.05, 3.63) is 64.7 Å². The molecule has 5 nitrogen and oxygen atoms in total. The minimum Gasteiger partial charge on any atom is -0.490 e. The van der Waals surface area contributed by atoms with Crippen molar-refractivity contribution in [1.29, 1.82) is 0 Å². The average molecular weight is 441 g/mol. The van der Waals surface area contributed by atoms with Crippen LogP contribution in [-0.2, 0) is 9.67 Å². The summed E-state index contributed by atoms with van der Waals surface area (Å²) >= 11 is 0.942. The van der Waals surface area contributed by atoms with Crippen LogP contribution in [0.25, 0.3) is 0 Å². The van der Waals surface area contributed by atoms with Gasteiger partial charge in [-0.05, 0) is 30.8 Å². The number of halogens is 4. The van der Waals surface area contributed by atoms with Crippen molar-refractivity contribution < 1.29 is 27.1 Å². The Bertz CT molecular complexity index is 1020. The van der Waals surface area contributed by atoms with Gasteiger partial charge in [-0.25, -0.2) is 22.6 Å². The van der Waals surface area contributed by atoms with Crippen LogP contribution in [0.5, 0.6) is 5.75 Å². The van der Waals surface area contributed by atoms with Gasteiger partial charge < -0.3 is 10.5 Å². The lowest BCUT2D eigenvalue weighted by Crippen LogP contribution is -2.44. The molecule has 0 aliphatic carbocycles. The summed E-state index contributed by atoms with van der Waals surface area (Å²) < 4.78 is 61.3. The van der Waals surface area contributed by atoms with Gasteiger partial charge in [-0.1, -0.05) is 18.7 Å². The molecule has 160 valence electrons. The maximum Gasteiger partial charge on any atom is 0.241 e. The fourth-order valence-corrected chi connectivity index (χ4v) is 4.65.